The van der Waals surface area contributed by atoms with Gasteiger partial charge in [0.05, 0.1) is 0 Å². The molecule has 1 aromatic rings. The molecule has 1 atom stereocenters. The van der Waals surface area contributed by atoms with E-state index in [0.717, 1.165) is 12.0 Å². The quantitative estimate of drug-likeness (QED) is 0.519. The summed E-state index contributed by atoms with van der Waals surface area (Å²) >= 11 is 0. The SMILES string of the molecule is Cc1cc(C(C)CC(C)(C)C)ccc1OC(=O)OC(C)(C)C. The van der Waals surface area contributed by atoms with Crippen molar-refractivity contribution in [3.8, 4) is 5.75 Å². The second-order valence-corrected chi connectivity index (χ2v) is 8.26. The van der Waals surface area contributed by atoms with E-state index < -0.39 is 11.8 Å². The van der Waals surface area contributed by atoms with Crippen LogP contribution in [0.15, 0.2) is 18.2 Å². The standard InChI is InChI=1S/C19H30O3/c1-13-11-15(14(2)12-18(3,4)5)9-10-16(13)21-17(20)22-19(6,7)8/h9-11,14H,12H2,1-8H3. The van der Waals surface area contributed by atoms with E-state index in [1.807, 2.05) is 39.8 Å². The molecule has 0 fully saturated rings. The Hall–Kier alpha value is -1.51. The van der Waals surface area contributed by atoms with Gasteiger partial charge in [-0.05, 0) is 62.6 Å². The molecule has 0 bridgehead atoms. The van der Waals surface area contributed by atoms with Crippen molar-refractivity contribution < 1.29 is 14.3 Å². The molecule has 0 aromatic heterocycles. The lowest BCUT2D eigenvalue weighted by atomic mass is 9.82. The zero-order valence-corrected chi connectivity index (χ0v) is 15.2. The van der Waals surface area contributed by atoms with Crippen molar-refractivity contribution in [1.82, 2.24) is 0 Å². The topological polar surface area (TPSA) is 35.5 Å². The third-order valence-electron chi connectivity index (χ3n) is 3.27. The van der Waals surface area contributed by atoms with E-state index >= 15 is 0 Å². The van der Waals surface area contributed by atoms with E-state index in [4.69, 9.17) is 9.47 Å². The summed E-state index contributed by atoms with van der Waals surface area (Å²) in [5.41, 5.74) is 1.96. The van der Waals surface area contributed by atoms with E-state index in [9.17, 15) is 4.79 Å². The Bertz CT molecular complexity index is 518. The Morgan fingerprint density at radius 2 is 1.73 bits per heavy atom. The summed E-state index contributed by atoms with van der Waals surface area (Å²) < 4.78 is 10.5. The highest BCUT2D eigenvalue weighted by atomic mass is 16.7. The maximum absolute atomic E-state index is 11.7. The van der Waals surface area contributed by atoms with Gasteiger partial charge in [-0.25, -0.2) is 4.79 Å². The van der Waals surface area contributed by atoms with Crippen molar-refractivity contribution in [3.05, 3.63) is 29.3 Å². The molecule has 0 aliphatic heterocycles. The molecule has 3 heteroatoms. The molecule has 0 aliphatic rings. The van der Waals surface area contributed by atoms with Crippen LogP contribution in [0.1, 0.15) is 71.9 Å². The van der Waals surface area contributed by atoms with Crippen LogP contribution in [0.5, 0.6) is 5.75 Å². The average molecular weight is 306 g/mol. The van der Waals surface area contributed by atoms with E-state index in [0.29, 0.717) is 17.1 Å². The first kappa shape index (κ1) is 18.5. The van der Waals surface area contributed by atoms with Crippen LogP contribution in [0.4, 0.5) is 4.79 Å². The van der Waals surface area contributed by atoms with Gasteiger partial charge in [-0.15, -0.1) is 0 Å². The number of ether oxygens (including phenoxy) is 2. The number of rotatable bonds is 3. The normalized spacial score (nSPS) is 13.6. The fourth-order valence-electron chi connectivity index (χ4n) is 2.49. The van der Waals surface area contributed by atoms with Gasteiger partial charge in [-0.3, -0.25) is 0 Å². The van der Waals surface area contributed by atoms with Crippen molar-refractivity contribution in [2.45, 2.75) is 73.3 Å². The molecule has 0 saturated carbocycles. The molecule has 0 saturated heterocycles. The number of hydrogen-bond donors (Lipinski definition) is 0. The zero-order chi connectivity index (χ0) is 17.1. The van der Waals surface area contributed by atoms with Gasteiger partial charge in [0, 0.05) is 0 Å². The fraction of sp³-hybridized carbons (Fsp3) is 0.632. The number of carbonyl (C=O) groups excluding carboxylic acids is 1. The third kappa shape index (κ3) is 6.50. The van der Waals surface area contributed by atoms with E-state index in [1.165, 1.54) is 5.56 Å². The maximum Gasteiger partial charge on any atom is 0.514 e. The molecule has 124 valence electrons. The predicted octanol–water partition coefficient (Wildman–Crippen LogP) is 5.85. The van der Waals surface area contributed by atoms with Gasteiger partial charge >= 0.3 is 6.16 Å². The van der Waals surface area contributed by atoms with Gasteiger partial charge in [0.2, 0.25) is 0 Å². The Morgan fingerprint density at radius 3 is 2.18 bits per heavy atom. The number of carbonyl (C=O) groups is 1. The first-order valence-corrected chi connectivity index (χ1v) is 7.89. The number of aryl methyl sites for hydroxylation is 1. The van der Waals surface area contributed by atoms with Gasteiger partial charge in [0.25, 0.3) is 0 Å². The summed E-state index contributed by atoms with van der Waals surface area (Å²) in [6.45, 7) is 16.4. The van der Waals surface area contributed by atoms with Gasteiger partial charge in [-0.1, -0.05) is 39.8 Å². The minimum atomic E-state index is -0.661. The second-order valence-electron chi connectivity index (χ2n) is 8.26. The van der Waals surface area contributed by atoms with Crippen molar-refractivity contribution >= 4 is 6.16 Å². The molecule has 1 rings (SSSR count). The minimum Gasteiger partial charge on any atom is -0.428 e. The summed E-state index contributed by atoms with van der Waals surface area (Å²) in [5, 5.41) is 0. The lowest BCUT2D eigenvalue weighted by molar-refractivity contribution is 0.0205. The monoisotopic (exact) mass is 306 g/mol. The first-order chi connectivity index (χ1) is 9.87. The molecular formula is C19H30O3. The van der Waals surface area contributed by atoms with Gasteiger partial charge in [0.1, 0.15) is 11.4 Å². The molecule has 0 N–H and O–H groups in total. The van der Waals surface area contributed by atoms with Crippen LogP contribution < -0.4 is 4.74 Å². The van der Waals surface area contributed by atoms with E-state index in [2.05, 4.69) is 33.8 Å². The van der Waals surface area contributed by atoms with Crippen LogP contribution in [-0.4, -0.2) is 11.8 Å². The Balaban J connectivity index is 2.80. The molecule has 0 aliphatic carbocycles. The van der Waals surface area contributed by atoms with Gasteiger partial charge < -0.3 is 9.47 Å². The van der Waals surface area contributed by atoms with Crippen LogP contribution in [0, 0.1) is 12.3 Å². The summed E-state index contributed by atoms with van der Waals surface area (Å²) in [6, 6.07) is 5.98. The molecule has 1 aromatic carbocycles. The van der Waals surface area contributed by atoms with Crippen LogP contribution in [-0.2, 0) is 4.74 Å². The minimum absolute atomic E-state index is 0.291. The zero-order valence-electron chi connectivity index (χ0n) is 15.2. The largest absolute Gasteiger partial charge is 0.514 e. The van der Waals surface area contributed by atoms with Crippen molar-refractivity contribution in [3.63, 3.8) is 0 Å². The van der Waals surface area contributed by atoms with Gasteiger partial charge in [-0.2, -0.15) is 0 Å². The lowest BCUT2D eigenvalue weighted by Gasteiger charge is -2.24. The fourth-order valence-corrected chi connectivity index (χ4v) is 2.49. The highest BCUT2D eigenvalue weighted by Gasteiger charge is 2.20. The smallest absolute Gasteiger partial charge is 0.428 e. The molecule has 1 unspecified atom stereocenters. The highest BCUT2D eigenvalue weighted by Crippen LogP contribution is 2.32. The van der Waals surface area contributed by atoms with Crippen molar-refractivity contribution in [2.24, 2.45) is 5.41 Å². The summed E-state index contributed by atoms with van der Waals surface area (Å²) in [6.07, 6.45) is 0.449. The summed E-state index contributed by atoms with van der Waals surface area (Å²) in [4.78, 5) is 11.7. The molecule has 3 nitrogen and oxygen atoms in total. The van der Waals surface area contributed by atoms with E-state index in [1.54, 1.807) is 0 Å². The lowest BCUT2D eigenvalue weighted by Crippen LogP contribution is -2.26. The highest BCUT2D eigenvalue weighted by molar-refractivity contribution is 5.65. The van der Waals surface area contributed by atoms with Crippen LogP contribution in [0.3, 0.4) is 0 Å². The summed E-state index contributed by atoms with van der Waals surface area (Å²) in [7, 11) is 0. The van der Waals surface area contributed by atoms with Crippen molar-refractivity contribution in [1.29, 1.82) is 0 Å². The molecule has 0 spiro atoms. The molecule has 22 heavy (non-hydrogen) atoms. The molecular weight excluding hydrogens is 276 g/mol. The van der Waals surface area contributed by atoms with Crippen molar-refractivity contribution in [2.75, 3.05) is 0 Å². The Kier molecular flexibility index (Phi) is 5.66. The van der Waals surface area contributed by atoms with Crippen LogP contribution in [0.2, 0.25) is 0 Å². The number of benzene rings is 1. The van der Waals surface area contributed by atoms with Crippen LogP contribution in [0.25, 0.3) is 0 Å². The van der Waals surface area contributed by atoms with E-state index in [-0.39, 0.29) is 0 Å². The summed E-state index contributed by atoms with van der Waals surface area (Å²) in [5.74, 6) is 1.02. The van der Waals surface area contributed by atoms with Crippen LogP contribution >= 0.6 is 0 Å². The second kappa shape index (κ2) is 6.72. The molecule has 0 heterocycles. The predicted molar refractivity (Wildman–Crippen MR) is 90.5 cm³/mol. The van der Waals surface area contributed by atoms with Gasteiger partial charge in [0.15, 0.2) is 0 Å². The number of hydrogen-bond acceptors (Lipinski definition) is 3. The first-order valence-electron chi connectivity index (χ1n) is 7.89. The Morgan fingerprint density at radius 1 is 1.14 bits per heavy atom. The average Bonchev–Trinajstić information content (AvgIpc) is 2.26. The molecule has 0 amide bonds. The Labute approximate surface area is 135 Å². The maximum atomic E-state index is 11.7. The third-order valence-corrected chi connectivity index (χ3v) is 3.27. The molecule has 0 radical (unpaired) electrons.